The molecule has 4 rings (SSSR count). The van der Waals surface area contributed by atoms with E-state index in [2.05, 4.69) is 57.9 Å². The summed E-state index contributed by atoms with van der Waals surface area (Å²) >= 11 is 0. The number of hydrogen-bond acceptors (Lipinski definition) is 4. The lowest BCUT2D eigenvalue weighted by Crippen LogP contribution is -2.51. The summed E-state index contributed by atoms with van der Waals surface area (Å²) in [6, 6.07) is 0. The van der Waals surface area contributed by atoms with Gasteiger partial charge in [-0.3, -0.25) is 0 Å². The number of likely N-dealkylation sites (N-methyl/N-ethyl adjacent to an activating group) is 1. The Morgan fingerprint density at radius 2 is 1.62 bits per heavy atom. The van der Waals surface area contributed by atoms with Gasteiger partial charge in [0.05, 0.1) is 18.8 Å². The summed E-state index contributed by atoms with van der Waals surface area (Å²) in [6.45, 7) is 9.12. The van der Waals surface area contributed by atoms with Crippen molar-refractivity contribution in [1.29, 1.82) is 0 Å². The molecule has 4 aliphatic rings. The van der Waals surface area contributed by atoms with Crippen molar-refractivity contribution < 1.29 is 9.47 Å². The van der Waals surface area contributed by atoms with Gasteiger partial charge < -0.3 is 19.3 Å². The molecule has 184 valence electrons. The summed E-state index contributed by atoms with van der Waals surface area (Å²) in [4.78, 5) is 4.49. The molecule has 3 unspecified atom stereocenters. The molecular formula is C28H50N2O2. The molecule has 0 radical (unpaired) electrons. The predicted molar refractivity (Wildman–Crippen MR) is 133 cm³/mol. The minimum atomic E-state index is 0.353. The van der Waals surface area contributed by atoms with Crippen molar-refractivity contribution in [3.8, 4) is 0 Å². The highest BCUT2D eigenvalue weighted by molar-refractivity contribution is 5.25. The summed E-state index contributed by atoms with van der Waals surface area (Å²) in [7, 11) is 8.57. The molecule has 0 heterocycles. The van der Waals surface area contributed by atoms with Crippen LogP contribution in [0.4, 0.5) is 0 Å². The molecular weight excluding hydrogens is 396 g/mol. The minimum Gasteiger partial charge on any atom is -0.376 e. The molecule has 7 atom stereocenters. The first-order valence-corrected chi connectivity index (χ1v) is 13.5. The zero-order valence-corrected chi connectivity index (χ0v) is 21.9. The van der Waals surface area contributed by atoms with Gasteiger partial charge in [-0.15, -0.1) is 0 Å². The van der Waals surface area contributed by atoms with Gasteiger partial charge in [0.25, 0.3) is 0 Å². The molecule has 0 amide bonds. The van der Waals surface area contributed by atoms with E-state index >= 15 is 0 Å². The normalized spacial score (nSPS) is 41.4. The highest BCUT2D eigenvalue weighted by atomic mass is 16.5. The first-order chi connectivity index (χ1) is 15.2. The van der Waals surface area contributed by atoms with E-state index in [0.717, 1.165) is 50.5 Å². The Morgan fingerprint density at radius 1 is 0.844 bits per heavy atom. The number of hydrogen-bond donors (Lipinski definition) is 0. The van der Waals surface area contributed by atoms with Crippen molar-refractivity contribution in [2.75, 3.05) is 54.5 Å². The maximum atomic E-state index is 6.50. The van der Waals surface area contributed by atoms with Gasteiger partial charge in [0.1, 0.15) is 0 Å². The van der Waals surface area contributed by atoms with Gasteiger partial charge in [-0.25, -0.2) is 0 Å². The first kappa shape index (κ1) is 24.7. The standard InChI is InChI=1S/C28H50N2O2/c1-27-14-12-22(31-18-7-16-29(3)4)20-21(27)8-9-23-24-10-11-26(32-19-17-30(5)6)28(24,2)15-13-25(23)27/h20,22-26H,7-19H2,1-6H3/t22-,23?,24?,25?,26-,27-,28-/m0/s1. The Kier molecular flexibility index (Phi) is 7.76. The molecule has 0 aliphatic heterocycles. The molecule has 4 nitrogen and oxygen atoms in total. The van der Waals surface area contributed by atoms with E-state index in [-0.39, 0.29) is 0 Å². The molecule has 4 heteroatoms. The monoisotopic (exact) mass is 446 g/mol. The molecule has 3 fully saturated rings. The summed E-state index contributed by atoms with van der Waals surface area (Å²) in [5.74, 6) is 2.63. The van der Waals surface area contributed by atoms with Crippen molar-refractivity contribution in [3.63, 3.8) is 0 Å². The second-order valence-corrected chi connectivity index (χ2v) is 12.4. The topological polar surface area (TPSA) is 24.9 Å². The average molecular weight is 447 g/mol. The SMILES string of the molecule is CN(C)CCCO[C@@H]1C=C2CCC3C(CC[C@@]4(C)C3CC[C@@H]4OCCN(C)C)[C@@]2(C)CC1. The van der Waals surface area contributed by atoms with Crippen molar-refractivity contribution in [2.45, 2.75) is 83.8 Å². The molecule has 0 aromatic heterocycles. The average Bonchev–Trinajstić information content (AvgIpc) is 3.07. The van der Waals surface area contributed by atoms with Gasteiger partial charge >= 0.3 is 0 Å². The van der Waals surface area contributed by atoms with Crippen LogP contribution in [0, 0.1) is 28.6 Å². The Morgan fingerprint density at radius 3 is 2.38 bits per heavy atom. The molecule has 0 aromatic rings. The van der Waals surface area contributed by atoms with Crippen molar-refractivity contribution in [3.05, 3.63) is 11.6 Å². The zero-order valence-electron chi connectivity index (χ0n) is 21.9. The Labute approximate surface area is 198 Å². The third-order valence-corrected chi connectivity index (χ3v) is 9.92. The largest absolute Gasteiger partial charge is 0.376 e. The summed E-state index contributed by atoms with van der Waals surface area (Å²) in [6.07, 6.45) is 15.2. The fourth-order valence-corrected chi connectivity index (χ4v) is 8.05. The molecule has 3 saturated carbocycles. The van der Waals surface area contributed by atoms with Gasteiger partial charge in [0.2, 0.25) is 0 Å². The Balaban J connectivity index is 1.38. The highest BCUT2D eigenvalue weighted by Crippen LogP contribution is 2.65. The fraction of sp³-hybridized carbons (Fsp3) is 0.929. The number of fused-ring (bicyclic) bond motifs is 5. The minimum absolute atomic E-state index is 0.353. The lowest BCUT2D eigenvalue weighted by atomic mass is 9.47. The summed E-state index contributed by atoms with van der Waals surface area (Å²) in [5.41, 5.74) is 2.55. The van der Waals surface area contributed by atoms with E-state index in [1.807, 2.05) is 0 Å². The second-order valence-electron chi connectivity index (χ2n) is 12.4. The van der Waals surface area contributed by atoms with E-state index in [1.54, 1.807) is 5.57 Å². The number of ether oxygens (including phenoxy) is 2. The molecule has 0 N–H and O–H groups in total. The lowest BCUT2D eigenvalue weighted by Gasteiger charge is -2.58. The van der Waals surface area contributed by atoms with E-state index in [1.165, 1.54) is 51.4 Å². The second kappa shape index (κ2) is 10.1. The van der Waals surface area contributed by atoms with Gasteiger partial charge in [0, 0.05) is 13.2 Å². The van der Waals surface area contributed by atoms with Crippen LogP contribution < -0.4 is 0 Å². The smallest absolute Gasteiger partial charge is 0.0758 e. The van der Waals surface area contributed by atoms with E-state index in [0.29, 0.717) is 23.0 Å². The highest BCUT2D eigenvalue weighted by Gasteiger charge is 2.59. The fourth-order valence-electron chi connectivity index (χ4n) is 8.05. The third-order valence-electron chi connectivity index (χ3n) is 9.92. The summed E-state index contributed by atoms with van der Waals surface area (Å²) in [5, 5.41) is 0. The van der Waals surface area contributed by atoms with Crippen LogP contribution in [0.2, 0.25) is 0 Å². The number of allylic oxidation sites excluding steroid dienone is 1. The van der Waals surface area contributed by atoms with E-state index < -0.39 is 0 Å². The molecule has 0 bridgehead atoms. The predicted octanol–water partition coefficient (Wildman–Crippen LogP) is 5.23. The van der Waals surface area contributed by atoms with Crippen molar-refractivity contribution in [2.24, 2.45) is 28.6 Å². The van der Waals surface area contributed by atoms with E-state index in [9.17, 15) is 0 Å². The maximum Gasteiger partial charge on any atom is 0.0758 e. The van der Waals surface area contributed by atoms with Crippen LogP contribution in [0.1, 0.15) is 71.6 Å². The third kappa shape index (κ3) is 4.85. The van der Waals surface area contributed by atoms with Gasteiger partial charge in [-0.1, -0.05) is 25.5 Å². The summed E-state index contributed by atoms with van der Waals surface area (Å²) < 4.78 is 12.8. The van der Waals surface area contributed by atoms with Gasteiger partial charge in [0.15, 0.2) is 0 Å². The lowest BCUT2D eigenvalue weighted by molar-refractivity contribution is -0.0991. The number of rotatable bonds is 9. The van der Waals surface area contributed by atoms with Crippen molar-refractivity contribution >= 4 is 0 Å². The zero-order chi connectivity index (χ0) is 22.9. The molecule has 4 aliphatic carbocycles. The van der Waals surface area contributed by atoms with Crippen LogP contribution in [0.25, 0.3) is 0 Å². The quantitative estimate of drug-likeness (QED) is 0.357. The van der Waals surface area contributed by atoms with E-state index in [4.69, 9.17) is 9.47 Å². The maximum absolute atomic E-state index is 6.50. The van der Waals surface area contributed by atoms with Crippen LogP contribution in [0.3, 0.4) is 0 Å². The molecule has 32 heavy (non-hydrogen) atoms. The van der Waals surface area contributed by atoms with Crippen molar-refractivity contribution in [1.82, 2.24) is 9.80 Å². The number of nitrogens with zero attached hydrogens (tertiary/aromatic N) is 2. The van der Waals surface area contributed by atoms with Gasteiger partial charge in [-0.05, 0) is 121 Å². The van der Waals surface area contributed by atoms with Crippen LogP contribution in [-0.4, -0.2) is 76.5 Å². The van der Waals surface area contributed by atoms with Crippen LogP contribution in [-0.2, 0) is 9.47 Å². The van der Waals surface area contributed by atoms with Crippen LogP contribution >= 0.6 is 0 Å². The van der Waals surface area contributed by atoms with Crippen LogP contribution in [0.5, 0.6) is 0 Å². The van der Waals surface area contributed by atoms with Gasteiger partial charge in [-0.2, -0.15) is 0 Å². The molecule has 0 aromatic carbocycles. The molecule has 0 spiro atoms. The first-order valence-electron chi connectivity index (χ1n) is 13.5. The molecule has 0 saturated heterocycles. The van der Waals surface area contributed by atoms with Crippen LogP contribution in [0.15, 0.2) is 11.6 Å². The Bertz CT molecular complexity index is 662. The Hall–Kier alpha value is -0.420.